The smallest absolute Gasteiger partial charge is 0.273 e. The van der Waals surface area contributed by atoms with Gasteiger partial charge < -0.3 is 10.1 Å². The molecule has 0 saturated heterocycles. The van der Waals surface area contributed by atoms with Crippen molar-refractivity contribution in [3.05, 3.63) is 15.9 Å². The molecular weight excluding hydrogens is 362 g/mol. The first-order valence-corrected chi connectivity index (χ1v) is 9.35. The second-order valence-corrected chi connectivity index (χ2v) is 8.01. The minimum atomic E-state index is -3.01. The van der Waals surface area contributed by atoms with Gasteiger partial charge in [-0.05, 0) is 21.8 Å². The molecule has 1 amide bonds. The molecule has 7 nitrogen and oxygen atoms in total. The number of hydrogen-bond acceptors (Lipinski definition) is 5. The maximum absolute atomic E-state index is 11.9. The highest BCUT2D eigenvalue weighted by molar-refractivity contribution is 9.10. The number of sulfone groups is 1. The number of ether oxygens (including phenoxy) is 1. The molecule has 1 aromatic heterocycles. The van der Waals surface area contributed by atoms with Crippen molar-refractivity contribution in [2.75, 3.05) is 31.8 Å². The van der Waals surface area contributed by atoms with Crippen molar-refractivity contribution < 1.29 is 17.9 Å². The third-order valence-corrected chi connectivity index (χ3v) is 4.37. The van der Waals surface area contributed by atoms with Crippen LogP contribution in [0.4, 0.5) is 0 Å². The highest BCUT2D eigenvalue weighted by Crippen LogP contribution is 2.25. The standard InChI is InChI=1S/C12H20BrN3O4S/c1-8(2)10-9(13)11(16-15-10)12(17)14-4-5-20-6-7-21(3,18)19/h8H,4-7H2,1-3H3,(H,14,17)(H,15,16). The van der Waals surface area contributed by atoms with Gasteiger partial charge in [0.25, 0.3) is 5.91 Å². The molecule has 0 aliphatic rings. The molecule has 0 unspecified atom stereocenters. The molecule has 0 saturated carbocycles. The molecule has 0 fully saturated rings. The SMILES string of the molecule is CC(C)c1[nH]nc(C(=O)NCCOCCS(C)(=O)=O)c1Br. The van der Waals surface area contributed by atoms with Crippen LogP contribution in [-0.4, -0.2) is 56.3 Å². The van der Waals surface area contributed by atoms with Gasteiger partial charge in [0.1, 0.15) is 9.84 Å². The summed E-state index contributed by atoms with van der Waals surface area (Å²) in [6, 6.07) is 0. The van der Waals surface area contributed by atoms with Gasteiger partial charge in [-0.15, -0.1) is 0 Å². The zero-order valence-electron chi connectivity index (χ0n) is 12.3. The van der Waals surface area contributed by atoms with Gasteiger partial charge >= 0.3 is 0 Å². The number of amides is 1. The van der Waals surface area contributed by atoms with Gasteiger partial charge in [0.15, 0.2) is 5.69 Å². The first-order chi connectivity index (χ1) is 9.72. The van der Waals surface area contributed by atoms with Gasteiger partial charge in [-0.25, -0.2) is 8.42 Å². The number of nitrogens with zero attached hydrogens (tertiary/aromatic N) is 1. The zero-order valence-corrected chi connectivity index (χ0v) is 14.7. The summed E-state index contributed by atoms with van der Waals surface area (Å²) < 4.78 is 27.6. The normalized spacial score (nSPS) is 11.9. The van der Waals surface area contributed by atoms with Gasteiger partial charge in [0.05, 0.1) is 29.1 Å². The molecule has 0 aliphatic heterocycles. The molecule has 9 heteroatoms. The van der Waals surface area contributed by atoms with Gasteiger partial charge in [0.2, 0.25) is 0 Å². The third kappa shape index (κ3) is 6.15. The van der Waals surface area contributed by atoms with E-state index in [2.05, 4.69) is 31.4 Å². The maximum Gasteiger partial charge on any atom is 0.273 e. The van der Waals surface area contributed by atoms with E-state index in [1.807, 2.05) is 13.8 Å². The summed E-state index contributed by atoms with van der Waals surface area (Å²) in [6.07, 6.45) is 1.15. The number of carbonyl (C=O) groups excluding carboxylic acids is 1. The van der Waals surface area contributed by atoms with Crippen molar-refractivity contribution in [2.45, 2.75) is 19.8 Å². The average Bonchev–Trinajstić information content (AvgIpc) is 2.74. The summed E-state index contributed by atoms with van der Waals surface area (Å²) in [7, 11) is -3.01. The quantitative estimate of drug-likeness (QED) is 0.656. The lowest BCUT2D eigenvalue weighted by Gasteiger charge is -2.05. The van der Waals surface area contributed by atoms with E-state index in [1.54, 1.807) is 0 Å². The van der Waals surface area contributed by atoms with E-state index in [-0.39, 0.29) is 30.8 Å². The number of halogens is 1. The predicted octanol–water partition coefficient (Wildman–Crippen LogP) is 1.09. The highest BCUT2D eigenvalue weighted by atomic mass is 79.9. The molecule has 21 heavy (non-hydrogen) atoms. The Kier molecular flexibility index (Phi) is 6.82. The monoisotopic (exact) mass is 381 g/mol. The fraction of sp³-hybridized carbons (Fsp3) is 0.667. The number of aromatic amines is 1. The van der Waals surface area contributed by atoms with E-state index in [0.717, 1.165) is 11.9 Å². The molecule has 0 aromatic carbocycles. The van der Waals surface area contributed by atoms with Crippen molar-refractivity contribution in [3.8, 4) is 0 Å². The molecule has 1 aromatic rings. The molecule has 0 spiro atoms. The maximum atomic E-state index is 11.9. The number of nitrogens with one attached hydrogen (secondary N) is 2. The van der Waals surface area contributed by atoms with Crippen LogP contribution in [0.5, 0.6) is 0 Å². The summed E-state index contributed by atoms with van der Waals surface area (Å²) in [5, 5.41) is 9.47. The van der Waals surface area contributed by atoms with Crippen LogP contribution >= 0.6 is 15.9 Å². The summed E-state index contributed by atoms with van der Waals surface area (Å²) in [5.74, 6) is -0.103. The lowest BCUT2D eigenvalue weighted by molar-refractivity contribution is 0.0917. The lowest BCUT2D eigenvalue weighted by Crippen LogP contribution is -2.28. The van der Waals surface area contributed by atoms with Crippen LogP contribution in [0.3, 0.4) is 0 Å². The van der Waals surface area contributed by atoms with Gasteiger partial charge in [-0.2, -0.15) is 5.10 Å². The van der Waals surface area contributed by atoms with Crippen LogP contribution in [0, 0.1) is 0 Å². The summed E-state index contributed by atoms with van der Waals surface area (Å²) in [5.41, 5.74) is 1.17. The Hall–Kier alpha value is -0.930. The Labute approximate surface area is 132 Å². The number of carbonyl (C=O) groups is 1. The van der Waals surface area contributed by atoms with Crippen LogP contribution in [0.25, 0.3) is 0 Å². The highest BCUT2D eigenvalue weighted by Gasteiger charge is 2.18. The van der Waals surface area contributed by atoms with Crippen LogP contribution in [-0.2, 0) is 14.6 Å². The molecule has 0 aliphatic carbocycles. The fourth-order valence-electron chi connectivity index (χ4n) is 1.51. The van der Waals surface area contributed by atoms with Crippen molar-refractivity contribution in [1.82, 2.24) is 15.5 Å². The Morgan fingerprint density at radius 2 is 2.10 bits per heavy atom. The second-order valence-electron chi connectivity index (χ2n) is 4.95. The fourth-order valence-corrected chi connectivity index (χ4v) is 2.74. The molecular formula is C12H20BrN3O4S. The molecule has 0 radical (unpaired) electrons. The predicted molar refractivity (Wildman–Crippen MR) is 83.2 cm³/mol. The average molecular weight is 382 g/mol. The van der Waals surface area contributed by atoms with Crippen LogP contribution in [0.1, 0.15) is 35.9 Å². The van der Waals surface area contributed by atoms with Gasteiger partial charge in [-0.3, -0.25) is 9.89 Å². The Morgan fingerprint density at radius 3 is 2.62 bits per heavy atom. The molecule has 2 N–H and O–H groups in total. The van der Waals surface area contributed by atoms with E-state index in [1.165, 1.54) is 0 Å². The van der Waals surface area contributed by atoms with Crippen molar-refractivity contribution >= 4 is 31.7 Å². The summed E-state index contributed by atoms with van der Waals surface area (Å²) >= 11 is 3.36. The van der Waals surface area contributed by atoms with Crippen molar-refractivity contribution in [1.29, 1.82) is 0 Å². The molecule has 0 atom stereocenters. The largest absolute Gasteiger partial charge is 0.379 e. The van der Waals surface area contributed by atoms with Crippen LogP contribution < -0.4 is 5.32 Å². The van der Waals surface area contributed by atoms with E-state index in [9.17, 15) is 13.2 Å². The van der Waals surface area contributed by atoms with Gasteiger partial charge in [-0.1, -0.05) is 13.8 Å². The van der Waals surface area contributed by atoms with Crippen molar-refractivity contribution in [2.24, 2.45) is 0 Å². The Balaban J connectivity index is 2.35. The van der Waals surface area contributed by atoms with E-state index in [0.29, 0.717) is 16.7 Å². The molecule has 1 rings (SSSR count). The minimum absolute atomic E-state index is 0.0242. The zero-order chi connectivity index (χ0) is 16.0. The van der Waals surface area contributed by atoms with Crippen molar-refractivity contribution in [3.63, 3.8) is 0 Å². The second kappa shape index (κ2) is 7.90. The lowest BCUT2D eigenvalue weighted by atomic mass is 10.1. The molecule has 1 heterocycles. The van der Waals surface area contributed by atoms with Crippen LogP contribution in [0.15, 0.2) is 4.47 Å². The number of rotatable bonds is 8. The summed E-state index contributed by atoms with van der Waals surface area (Å²) in [4.78, 5) is 11.9. The molecule has 120 valence electrons. The first kappa shape index (κ1) is 18.1. The molecule has 0 bridgehead atoms. The van der Waals surface area contributed by atoms with E-state index < -0.39 is 9.84 Å². The number of H-pyrrole nitrogens is 1. The Morgan fingerprint density at radius 1 is 1.43 bits per heavy atom. The summed E-state index contributed by atoms with van der Waals surface area (Å²) in [6.45, 7) is 4.66. The number of aromatic nitrogens is 2. The third-order valence-electron chi connectivity index (χ3n) is 2.66. The van der Waals surface area contributed by atoms with E-state index in [4.69, 9.17) is 4.74 Å². The number of hydrogen-bond donors (Lipinski definition) is 2. The minimum Gasteiger partial charge on any atom is -0.379 e. The van der Waals surface area contributed by atoms with E-state index >= 15 is 0 Å². The topological polar surface area (TPSA) is 101 Å². The van der Waals surface area contributed by atoms with Crippen LogP contribution in [0.2, 0.25) is 0 Å². The van der Waals surface area contributed by atoms with Gasteiger partial charge in [0, 0.05) is 12.8 Å². The first-order valence-electron chi connectivity index (χ1n) is 6.49. The Bertz CT molecular complexity index is 583.